The van der Waals surface area contributed by atoms with Gasteiger partial charge in [0.2, 0.25) is 18.0 Å². The molecular weight excluding hydrogens is 420 g/mol. The van der Waals surface area contributed by atoms with Gasteiger partial charge >= 0.3 is 11.9 Å². The van der Waals surface area contributed by atoms with E-state index in [1.165, 1.54) is 20.8 Å². The van der Waals surface area contributed by atoms with E-state index >= 15 is 0 Å². The van der Waals surface area contributed by atoms with Gasteiger partial charge < -0.3 is 25.5 Å². The number of rotatable bonds is 3. The summed E-state index contributed by atoms with van der Waals surface area (Å²) in [6, 6.07) is 14.5. The van der Waals surface area contributed by atoms with Gasteiger partial charge in [-0.3, -0.25) is 14.4 Å². The van der Waals surface area contributed by atoms with Crippen molar-refractivity contribution in [3.8, 4) is 0 Å². The number of ether oxygens (including phenoxy) is 1. The van der Waals surface area contributed by atoms with E-state index in [1.54, 1.807) is 12.1 Å². The smallest absolute Gasteiger partial charge is 0.310 e. The molecule has 2 unspecified atom stereocenters. The first-order chi connectivity index (χ1) is 15.0. The summed E-state index contributed by atoms with van der Waals surface area (Å²) in [5.74, 6) is -1.21. The number of nitrogens with one attached hydrogen (secondary N) is 1. The third-order valence-electron chi connectivity index (χ3n) is 3.81. The van der Waals surface area contributed by atoms with Gasteiger partial charge in [-0.25, -0.2) is 13.1 Å². The number of nitrogen functional groups attached to an aromatic ring is 1. The first-order valence-corrected chi connectivity index (χ1v) is 9.65. The molecule has 33 heavy (non-hydrogen) atoms. The van der Waals surface area contributed by atoms with Gasteiger partial charge in [-0.05, 0) is 48.5 Å². The Morgan fingerprint density at radius 2 is 1.18 bits per heavy atom. The molecule has 0 spiro atoms. The number of nitrogens with zero attached hydrogens (tertiary/aromatic N) is 2. The second-order valence-electron chi connectivity index (χ2n) is 6.67. The first kappa shape index (κ1) is 31.0. The Labute approximate surface area is 196 Å². The number of nitrogens with two attached hydrogens (primary N) is 1. The molecule has 0 aliphatic carbocycles. The molecule has 2 aromatic carbocycles. The van der Waals surface area contributed by atoms with Crippen LogP contribution in [0.25, 0.3) is 9.69 Å². The van der Waals surface area contributed by atoms with Crippen LogP contribution in [0.4, 0.5) is 11.4 Å². The summed E-state index contributed by atoms with van der Waals surface area (Å²) < 4.78 is 3.97. The Morgan fingerprint density at radius 3 is 1.45 bits per heavy atom. The van der Waals surface area contributed by atoms with E-state index in [4.69, 9.17) is 18.9 Å². The lowest BCUT2D eigenvalue weighted by Crippen LogP contribution is -2.05. The van der Waals surface area contributed by atoms with Crippen molar-refractivity contribution in [1.82, 2.24) is 0 Å². The lowest BCUT2D eigenvalue weighted by atomic mass is 10.1. The molecule has 0 heterocycles. The zero-order valence-corrected chi connectivity index (χ0v) is 18.9. The molecule has 176 valence electrons. The molecule has 0 radical (unpaired) electrons. The Hall–Kier alpha value is -4.17. The van der Waals surface area contributed by atoms with Crippen LogP contribution in [0.1, 0.15) is 65.3 Å². The van der Waals surface area contributed by atoms with E-state index in [1.807, 2.05) is 50.2 Å². The quantitative estimate of drug-likeness (QED) is 0.272. The fourth-order valence-electron chi connectivity index (χ4n) is 2.17. The number of hydrogen-bond acceptors (Lipinski definition) is 5. The van der Waals surface area contributed by atoms with Crippen LogP contribution in [0.15, 0.2) is 48.5 Å². The van der Waals surface area contributed by atoms with Gasteiger partial charge in [-0.1, -0.05) is 7.43 Å². The van der Waals surface area contributed by atoms with Crippen LogP contribution >= 0.6 is 0 Å². The SMILES string of the molecule is C.CC(=O)OC(C)=O.[C-]#[N+]C(C)c1ccc(N)cc1.[C-]#[N+]C(C)c1ccc(NC(C)=O)cc1. The summed E-state index contributed by atoms with van der Waals surface area (Å²) in [7, 11) is 0. The molecule has 0 fully saturated rings. The number of carbonyl (C=O) groups excluding carboxylic acids is 3. The van der Waals surface area contributed by atoms with Crippen LogP contribution in [0.2, 0.25) is 0 Å². The first-order valence-electron chi connectivity index (χ1n) is 9.65. The highest BCUT2D eigenvalue weighted by Crippen LogP contribution is 2.19. The lowest BCUT2D eigenvalue weighted by Gasteiger charge is -2.03. The van der Waals surface area contributed by atoms with Crippen molar-refractivity contribution in [1.29, 1.82) is 0 Å². The van der Waals surface area contributed by atoms with Gasteiger partial charge in [0.15, 0.2) is 0 Å². The Balaban J connectivity index is 0. The standard InChI is InChI=1S/C11H12N2O.C9H10N2.C4H6O3.CH4/c1-8(12-3)10-4-6-11(7-5-10)13-9(2)14;1-7(11-2)8-3-5-9(10)6-4-8;1-3(5)7-4(2)6;/h4-8H,1-2H3,(H,13,14);3-7H,10H2,1H3;1-2H3;1H4. The fourth-order valence-corrected chi connectivity index (χ4v) is 2.17. The van der Waals surface area contributed by atoms with Crippen molar-refractivity contribution < 1.29 is 19.1 Å². The normalized spacial score (nSPS) is 10.5. The Kier molecular flexibility index (Phi) is 15.5. The maximum atomic E-state index is 10.7. The van der Waals surface area contributed by atoms with Gasteiger partial charge in [0.1, 0.15) is 0 Å². The minimum absolute atomic E-state index is 0. The second kappa shape index (κ2) is 16.5. The maximum absolute atomic E-state index is 10.7. The summed E-state index contributed by atoms with van der Waals surface area (Å²) in [5, 5.41) is 2.67. The van der Waals surface area contributed by atoms with Crippen LogP contribution in [0.3, 0.4) is 0 Å². The van der Waals surface area contributed by atoms with Crippen molar-refractivity contribution in [3.05, 3.63) is 82.5 Å². The van der Waals surface area contributed by atoms with Crippen molar-refractivity contribution in [2.24, 2.45) is 0 Å². The van der Waals surface area contributed by atoms with Crippen LogP contribution in [-0.4, -0.2) is 17.8 Å². The second-order valence-corrected chi connectivity index (χ2v) is 6.67. The summed E-state index contributed by atoms with van der Waals surface area (Å²) >= 11 is 0. The van der Waals surface area contributed by atoms with Crippen molar-refractivity contribution in [2.45, 2.75) is 54.1 Å². The minimum atomic E-state index is -0.562. The zero-order chi connectivity index (χ0) is 24.7. The van der Waals surface area contributed by atoms with Crippen molar-refractivity contribution >= 4 is 29.2 Å². The third kappa shape index (κ3) is 14.5. The molecule has 8 nitrogen and oxygen atoms in total. The molecule has 8 heteroatoms. The molecule has 0 aliphatic rings. The van der Waals surface area contributed by atoms with E-state index < -0.39 is 11.9 Å². The molecule has 0 aromatic heterocycles. The molecule has 0 saturated heterocycles. The summed E-state index contributed by atoms with van der Waals surface area (Å²) in [4.78, 5) is 37.2. The van der Waals surface area contributed by atoms with Crippen LogP contribution in [0.5, 0.6) is 0 Å². The van der Waals surface area contributed by atoms with Gasteiger partial charge in [-0.2, -0.15) is 0 Å². The van der Waals surface area contributed by atoms with Crippen LogP contribution in [-0.2, 0) is 19.1 Å². The maximum Gasteiger partial charge on any atom is 0.310 e. The van der Waals surface area contributed by atoms with E-state index in [0.29, 0.717) is 0 Å². The van der Waals surface area contributed by atoms with E-state index in [9.17, 15) is 14.4 Å². The van der Waals surface area contributed by atoms with Gasteiger partial charge in [-0.15, -0.1) is 0 Å². The number of hydrogen-bond donors (Lipinski definition) is 2. The predicted octanol–water partition coefficient (Wildman–Crippen LogP) is 5.61. The van der Waals surface area contributed by atoms with E-state index in [0.717, 1.165) is 22.5 Å². The minimum Gasteiger partial charge on any atom is -0.399 e. The highest BCUT2D eigenvalue weighted by atomic mass is 16.6. The van der Waals surface area contributed by atoms with Gasteiger partial charge in [0.05, 0.1) is 0 Å². The monoisotopic (exact) mass is 452 g/mol. The molecule has 0 bridgehead atoms. The predicted molar refractivity (Wildman–Crippen MR) is 131 cm³/mol. The number of anilines is 2. The van der Waals surface area contributed by atoms with Crippen molar-refractivity contribution in [3.63, 3.8) is 0 Å². The average Bonchev–Trinajstić information content (AvgIpc) is 2.73. The molecule has 0 saturated carbocycles. The third-order valence-corrected chi connectivity index (χ3v) is 3.81. The molecule has 2 atom stereocenters. The largest absolute Gasteiger partial charge is 0.399 e. The molecule has 0 aliphatic heterocycles. The zero-order valence-electron chi connectivity index (χ0n) is 18.9. The topological polar surface area (TPSA) is 107 Å². The highest BCUT2D eigenvalue weighted by molar-refractivity contribution is 5.88. The summed E-state index contributed by atoms with van der Waals surface area (Å²) in [5.41, 5.74) is 8.98. The highest BCUT2D eigenvalue weighted by Gasteiger charge is 2.07. The number of esters is 2. The fraction of sp³-hybridized carbons (Fsp3) is 0.320. The van der Waals surface area contributed by atoms with Crippen LogP contribution < -0.4 is 11.1 Å². The van der Waals surface area contributed by atoms with Crippen LogP contribution in [0, 0.1) is 13.1 Å². The van der Waals surface area contributed by atoms with Gasteiger partial charge in [0.25, 0.3) is 0 Å². The molecule has 2 rings (SSSR count). The van der Waals surface area contributed by atoms with E-state index in [-0.39, 0.29) is 25.4 Å². The van der Waals surface area contributed by atoms with E-state index in [2.05, 4.69) is 19.7 Å². The van der Waals surface area contributed by atoms with Crippen molar-refractivity contribution in [2.75, 3.05) is 11.1 Å². The molecular formula is C25H32N4O4. The average molecular weight is 453 g/mol. The molecule has 2 aromatic rings. The lowest BCUT2D eigenvalue weighted by molar-refractivity contribution is -0.156. The Morgan fingerprint density at radius 1 is 0.818 bits per heavy atom. The number of benzene rings is 2. The number of carbonyl (C=O) groups is 3. The number of amides is 1. The molecule has 3 N–H and O–H groups in total. The summed E-state index contributed by atoms with van der Waals surface area (Å²) in [6.07, 6.45) is 0. The Bertz CT molecular complexity index is 959. The summed E-state index contributed by atoms with van der Waals surface area (Å²) in [6.45, 7) is 21.2. The molecule has 1 amide bonds. The van der Waals surface area contributed by atoms with Gasteiger partial charge in [0, 0.05) is 57.1 Å².